The summed E-state index contributed by atoms with van der Waals surface area (Å²) in [5, 5.41) is 51.2. The van der Waals surface area contributed by atoms with Crippen LogP contribution in [0.15, 0.2) is 36.4 Å². The van der Waals surface area contributed by atoms with Gasteiger partial charge in [-0.3, -0.25) is 14.4 Å². The van der Waals surface area contributed by atoms with Crippen molar-refractivity contribution in [2.24, 2.45) is 5.41 Å². The largest absolute Gasteiger partial charge is 0.481 e. The van der Waals surface area contributed by atoms with Crippen molar-refractivity contribution in [2.45, 2.75) is 259 Å². The highest BCUT2D eigenvalue weighted by Gasteiger charge is 2.51. The van der Waals surface area contributed by atoms with Gasteiger partial charge in [0.15, 0.2) is 5.05 Å². The van der Waals surface area contributed by atoms with Crippen LogP contribution in [-0.4, -0.2) is 74.9 Å². The third kappa shape index (κ3) is 17.9. The molecule has 0 saturated carbocycles. The van der Waals surface area contributed by atoms with Crippen molar-refractivity contribution in [2.75, 3.05) is 26.4 Å². The number of carbonyl (C=O) groups is 3. The molecule has 0 spiro atoms. The molecule has 438 valence electrons. The zero-order valence-electron chi connectivity index (χ0n) is 51.9. The molecular formula is C67H104O10S. The Morgan fingerprint density at radius 3 is 1.04 bits per heavy atom. The Balaban J connectivity index is 2.85. The lowest BCUT2D eigenvalue weighted by Crippen LogP contribution is -2.47. The van der Waals surface area contributed by atoms with Gasteiger partial charge in [-0.25, -0.2) is 0 Å². The first kappa shape index (κ1) is 68.1. The zero-order chi connectivity index (χ0) is 59.6. The van der Waals surface area contributed by atoms with Gasteiger partial charge in [-0.2, -0.15) is 0 Å². The first-order valence-corrected chi connectivity index (χ1v) is 29.3. The highest BCUT2D eigenvalue weighted by Crippen LogP contribution is 2.55. The number of thiocarbonyl (C=S) groups is 1. The van der Waals surface area contributed by atoms with Crippen molar-refractivity contribution in [3.8, 4) is 5.75 Å². The van der Waals surface area contributed by atoms with Crippen LogP contribution in [0, 0.1) is 5.41 Å². The summed E-state index contributed by atoms with van der Waals surface area (Å²) in [6, 6.07) is 12.3. The van der Waals surface area contributed by atoms with Crippen molar-refractivity contribution in [3.05, 3.63) is 97.6 Å². The Morgan fingerprint density at radius 2 is 0.744 bits per heavy atom. The quantitative estimate of drug-likeness (QED) is 0.0294. The average Bonchev–Trinajstić information content (AvgIpc) is 3.29. The van der Waals surface area contributed by atoms with E-state index in [-0.39, 0.29) is 25.9 Å². The normalized spacial score (nSPS) is 13.8. The minimum atomic E-state index is -1.40. The molecule has 0 bridgehead atoms. The van der Waals surface area contributed by atoms with Crippen LogP contribution in [0.25, 0.3) is 0 Å². The van der Waals surface area contributed by atoms with Crippen molar-refractivity contribution in [3.63, 3.8) is 0 Å². The smallest absolute Gasteiger partial charge is 0.310 e. The van der Waals surface area contributed by atoms with E-state index in [0.717, 1.165) is 70.2 Å². The molecule has 11 heteroatoms. The molecule has 10 nitrogen and oxygen atoms in total. The molecule has 3 aromatic rings. The van der Waals surface area contributed by atoms with E-state index in [4.69, 9.17) is 21.7 Å². The molecule has 0 fully saturated rings. The fourth-order valence-electron chi connectivity index (χ4n) is 10.7. The van der Waals surface area contributed by atoms with E-state index in [0.29, 0.717) is 33.9 Å². The topological polar surface area (TPSA) is 171 Å². The first-order chi connectivity index (χ1) is 35.7. The van der Waals surface area contributed by atoms with Gasteiger partial charge in [0.1, 0.15) is 12.4 Å². The second kappa shape index (κ2) is 27.1. The molecule has 5 N–H and O–H groups in total. The molecule has 0 saturated heterocycles. The fourth-order valence-corrected chi connectivity index (χ4v) is 11.1. The summed E-state index contributed by atoms with van der Waals surface area (Å²) in [5.41, 5.74) is 3.48. The summed E-state index contributed by atoms with van der Waals surface area (Å²) >= 11 is 7.27. The number of carboxylic acid groups (broad SMARTS) is 2. The number of carboxylic acids is 2. The van der Waals surface area contributed by atoms with Crippen LogP contribution in [0.3, 0.4) is 0 Å². The molecule has 1 unspecified atom stereocenters. The zero-order valence-corrected chi connectivity index (χ0v) is 52.7. The molecule has 0 radical (unpaired) electrons. The molecule has 78 heavy (non-hydrogen) atoms. The molecule has 1 atom stereocenters. The van der Waals surface area contributed by atoms with E-state index in [1.54, 1.807) is 0 Å². The van der Waals surface area contributed by atoms with Crippen LogP contribution in [0.4, 0.5) is 0 Å². The molecule has 0 aliphatic carbocycles. The highest BCUT2D eigenvalue weighted by molar-refractivity contribution is 7.80. The van der Waals surface area contributed by atoms with Gasteiger partial charge in [0.05, 0.1) is 49.9 Å². The number of esters is 1. The predicted octanol–water partition coefficient (Wildman–Crippen LogP) is 14.8. The van der Waals surface area contributed by atoms with Gasteiger partial charge >= 0.3 is 17.9 Å². The second-order valence-electron chi connectivity index (χ2n) is 28.8. The van der Waals surface area contributed by atoms with Crippen molar-refractivity contribution in [1.82, 2.24) is 0 Å². The number of carbonyl (C=O) groups excluding carboxylic acids is 1. The van der Waals surface area contributed by atoms with E-state index in [1.165, 1.54) is 38.5 Å². The monoisotopic (exact) mass is 1100 g/mol. The summed E-state index contributed by atoms with van der Waals surface area (Å²) in [5.74, 6) is -1.84. The Labute approximate surface area is 476 Å². The average molecular weight is 1100 g/mol. The van der Waals surface area contributed by atoms with Gasteiger partial charge in [-0.15, -0.1) is 0 Å². The van der Waals surface area contributed by atoms with E-state index < -0.39 is 81.0 Å². The predicted molar refractivity (Wildman–Crippen MR) is 323 cm³/mol. The maximum absolute atomic E-state index is 14.0. The molecule has 0 aliphatic rings. The molecular weight excluding hydrogens is 997 g/mol. The number of rotatable bonds is 26. The summed E-state index contributed by atoms with van der Waals surface area (Å²) < 4.78 is 13.6. The SMILES string of the molecule is CCCCCCCCCCCCC(C(=S)Oc1c(C(C)(C)C)cc(CC(=O)O)cc1C(C)(C)C)(c1c(C(C)(C)C)cc(CC(=O)O)cc1C(C)(C)C)c1c(C(C)(C)C)cc(CC(=O)OCC(CO)(CO)CO)cc1C(C)(C)C. The minimum absolute atomic E-state index is 0.131. The molecule has 0 heterocycles. The van der Waals surface area contributed by atoms with Crippen LogP contribution in [-0.2, 0) is 76.3 Å². The van der Waals surface area contributed by atoms with Crippen LogP contribution in [0.2, 0.25) is 0 Å². The van der Waals surface area contributed by atoms with Crippen LogP contribution in [0.1, 0.15) is 263 Å². The summed E-state index contributed by atoms with van der Waals surface area (Å²) in [6.45, 7) is 39.0. The number of ether oxygens (including phenoxy) is 2. The number of benzene rings is 3. The Morgan fingerprint density at radius 1 is 0.449 bits per heavy atom. The number of unbranched alkanes of at least 4 members (excludes halogenated alkanes) is 9. The maximum Gasteiger partial charge on any atom is 0.310 e. The van der Waals surface area contributed by atoms with Gasteiger partial charge in [0.2, 0.25) is 0 Å². The molecule has 0 aliphatic heterocycles. The Bertz CT molecular complexity index is 2410. The molecule has 0 amide bonds. The standard InChI is InChI=1S/C67H104O10S/c1-20-21-22-23-24-25-26-27-28-29-30-67(56-47(60(2,3)4)31-44(37-53(71)72)32-48(56)61(5,6)7,59(78)77-58-51(64(14,15)16)35-45(38-54(73)74)36-52(58)65(17,18)19)57-49(62(8,9)10)33-46(34-50(57)63(11,12)13)39-55(75)76-43-66(40-68,41-69)42-70/h31-36,68-70H,20-30,37-43H2,1-19H3,(H,71,72)(H,73,74). The van der Waals surface area contributed by atoms with E-state index >= 15 is 0 Å². The number of aliphatic hydroxyl groups excluding tert-OH is 3. The van der Waals surface area contributed by atoms with E-state index in [9.17, 15) is 39.9 Å². The number of aliphatic hydroxyl groups is 3. The van der Waals surface area contributed by atoms with Crippen molar-refractivity contribution in [1.29, 1.82) is 0 Å². The second-order valence-corrected chi connectivity index (χ2v) is 29.2. The summed E-state index contributed by atoms with van der Waals surface area (Å²) in [7, 11) is 0. The summed E-state index contributed by atoms with van der Waals surface area (Å²) in [6.07, 6.45) is 11.2. The minimum Gasteiger partial charge on any atom is -0.481 e. The van der Waals surface area contributed by atoms with Gasteiger partial charge in [-0.1, -0.05) is 232 Å². The summed E-state index contributed by atoms with van der Waals surface area (Å²) in [4.78, 5) is 39.2. The molecule has 3 rings (SSSR count). The van der Waals surface area contributed by atoms with E-state index in [2.05, 4.69) is 156 Å². The van der Waals surface area contributed by atoms with Crippen LogP contribution >= 0.6 is 12.2 Å². The number of hydrogen-bond acceptors (Lipinski definition) is 9. The third-order valence-electron chi connectivity index (χ3n) is 15.3. The fraction of sp³-hybridized carbons (Fsp3) is 0.672. The third-order valence-corrected chi connectivity index (χ3v) is 15.7. The lowest BCUT2D eigenvalue weighted by atomic mass is 9.57. The van der Waals surface area contributed by atoms with Crippen LogP contribution in [0.5, 0.6) is 5.75 Å². The van der Waals surface area contributed by atoms with Gasteiger partial charge < -0.3 is 35.0 Å². The van der Waals surface area contributed by atoms with Crippen molar-refractivity contribution < 1.29 is 49.4 Å². The lowest BCUT2D eigenvalue weighted by Gasteiger charge is -2.47. The highest BCUT2D eigenvalue weighted by atomic mass is 32.1. The van der Waals surface area contributed by atoms with Crippen LogP contribution < -0.4 is 4.74 Å². The number of aliphatic carboxylic acids is 2. The van der Waals surface area contributed by atoms with Gasteiger partial charge in [0, 0.05) is 11.1 Å². The van der Waals surface area contributed by atoms with E-state index in [1.807, 2.05) is 12.1 Å². The van der Waals surface area contributed by atoms with Gasteiger partial charge in [-0.05, 0) is 101 Å². The lowest BCUT2D eigenvalue weighted by molar-refractivity contribution is -0.150. The Hall–Kier alpha value is -4.16. The molecule has 3 aromatic carbocycles. The van der Waals surface area contributed by atoms with Gasteiger partial charge in [0.25, 0.3) is 0 Å². The first-order valence-electron chi connectivity index (χ1n) is 28.9. The maximum atomic E-state index is 14.0. The van der Waals surface area contributed by atoms with Crippen molar-refractivity contribution >= 4 is 35.2 Å². The molecule has 0 aromatic heterocycles. The number of hydrogen-bond donors (Lipinski definition) is 5. The Kier molecular flexibility index (Phi) is 23.6.